The molecule has 1 heterocycles. The molecule has 92 valence electrons. The molecule has 0 spiro atoms. The Hall–Kier alpha value is -1.24. The van der Waals surface area contributed by atoms with Crippen LogP contribution in [0.5, 0.6) is 0 Å². The number of hydrogen-bond donors (Lipinski definition) is 1. The van der Waals surface area contributed by atoms with Gasteiger partial charge in [0.1, 0.15) is 5.82 Å². The van der Waals surface area contributed by atoms with E-state index in [1.54, 1.807) is 16.9 Å². The quantitative estimate of drug-likeness (QED) is 0.795. The summed E-state index contributed by atoms with van der Waals surface area (Å²) in [6, 6.07) is 1.62. The molecule has 0 saturated carbocycles. The molecule has 0 aliphatic heterocycles. The Morgan fingerprint density at radius 1 is 1.56 bits per heavy atom. The van der Waals surface area contributed by atoms with E-state index in [0.717, 1.165) is 6.92 Å². The summed E-state index contributed by atoms with van der Waals surface area (Å²) in [5, 5.41) is 3.89. The van der Waals surface area contributed by atoms with Gasteiger partial charge < -0.3 is 10.5 Å². The summed E-state index contributed by atoms with van der Waals surface area (Å²) in [5.74, 6) is 0.393. The predicted molar refractivity (Wildman–Crippen MR) is 52.7 cm³/mol. The number of ether oxygens (including phenoxy) is 1. The van der Waals surface area contributed by atoms with Crippen LogP contribution in [-0.4, -0.2) is 28.7 Å². The average Bonchev–Trinajstić information content (AvgIpc) is 2.57. The highest BCUT2D eigenvalue weighted by Gasteiger charge is 2.36. The fourth-order valence-corrected chi connectivity index (χ4v) is 1.08. The third kappa shape index (κ3) is 4.09. The molecule has 0 radical (unpaired) electrons. The first kappa shape index (κ1) is 12.8. The zero-order valence-electron chi connectivity index (χ0n) is 8.87. The van der Waals surface area contributed by atoms with Crippen molar-refractivity contribution in [3.63, 3.8) is 0 Å². The summed E-state index contributed by atoms with van der Waals surface area (Å²) in [5.41, 5.74) is 5.38. The summed E-state index contributed by atoms with van der Waals surface area (Å²) in [4.78, 5) is 0. The van der Waals surface area contributed by atoms with Crippen molar-refractivity contribution < 1.29 is 17.9 Å². The van der Waals surface area contributed by atoms with E-state index in [9.17, 15) is 13.2 Å². The van der Waals surface area contributed by atoms with E-state index in [-0.39, 0.29) is 6.61 Å². The van der Waals surface area contributed by atoms with Crippen LogP contribution in [0, 0.1) is 0 Å². The van der Waals surface area contributed by atoms with Crippen molar-refractivity contribution in [1.29, 1.82) is 0 Å². The summed E-state index contributed by atoms with van der Waals surface area (Å²) in [7, 11) is 0. The molecular weight excluding hydrogens is 223 g/mol. The lowest BCUT2D eigenvalue weighted by Crippen LogP contribution is -2.29. The normalized spacial score (nSPS) is 14.0. The van der Waals surface area contributed by atoms with Crippen LogP contribution in [0.1, 0.15) is 13.3 Å². The highest BCUT2D eigenvalue weighted by molar-refractivity contribution is 5.23. The lowest BCUT2D eigenvalue weighted by Gasteiger charge is -2.16. The molecule has 4 nitrogen and oxygen atoms in total. The number of alkyl halides is 3. The number of rotatable bonds is 5. The zero-order chi connectivity index (χ0) is 12.2. The Morgan fingerprint density at radius 2 is 2.25 bits per heavy atom. The standard InChI is InChI=1S/C9H14F3N3O/c1-7(9(10,11)12)16-6-2-4-15-5-3-8(13)14-15/h3,5,7H,2,4,6H2,1H3,(H2,13,14). The van der Waals surface area contributed by atoms with Gasteiger partial charge in [0, 0.05) is 19.3 Å². The molecule has 0 amide bonds. The molecular formula is C9H14F3N3O. The number of aryl methyl sites for hydroxylation is 1. The van der Waals surface area contributed by atoms with Crippen LogP contribution in [0.4, 0.5) is 19.0 Å². The molecule has 1 atom stereocenters. The molecule has 0 bridgehead atoms. The van der Waals surface area contributed by atoms with Gasteiger partial charge in [-0.05, 0) is 19.4 Å². The second-order valence-electron chi connectivity index (χ2n) is 3.41. The van der Waals surface area contributed by atoms with E-state index in [0.29, 0.717) is 18.8 Å². The minimum atomic E-state index is -4.30. The fraction of sp³-hybridized carbons (Fsp3) is 0.667. The van der Waals surface area contributed by atoms with Crippen LogP contribution in [0.15, 0.2) is 12.3 Å². The van der Waals surface area contributed by atoms with E-state index in [2.05, 4.69) is 9.84 Å². The molecule has 2 N–H and O–H groups in total. The van der Waals surface area contributed by atoms with Crippen molar-refractivity contribution >= 4 is 5.82 Å². The molecule has 0 fully saturated rings. The maximum Gasteiger partial charge on any atom is 0.414 e. The van der Waals surface area contributed by atoms with Gasteiger partial charge in [0.05, 0.1) is 0 Å². The maximum absolute atomic E-state index is 12.0. The molecule has 0 saturated heterocycles. The molecule has 0 aromatic carbocycles. The van der Waals surface area contributed by atoms with Crippen LogP contribution >= 0.6 is 0 Å². The lowest BCUT2D eigenvalue weighted by atomic mass is 10.4. The molecule has 7 heteroatoms. The predicted octanol–water partition coefficient (Wildman–Crippen LogP) is 1.82. The van der Waals surface area contributed by atoms with Crippen molar-refractivity contribution in [2.75, 3.05) is 12.3 Å². The monoisotopic (exact) mass is 237 g/mol. The highest BCUT2D eigenvalue weighted by Crippen LogP contribution is 2.22. The van der Waals surface area contributed by atoms with Crippen molar-refractivity contribution in [2.24, 2.45) is 0 Å². The number of nitrogen functional groups attached to an aromatic ring is 1. The molecule has 16 heavy (non-hydrogen) atoms. The van der Waals surface area contributed by atoms with Crippen LogP contribution < -0.4 is 5.73 Å². The fourth-order valence-electron chi connectivity index (χ4n) is 1.08. The molecule has 1 rings (SSSR count). The van der Waals surface area contributed by atoms with E-state index in [1.165, 1.54) is 0 Å². The maximum atomic E-state index is 12.0. The van der Waals surface area contributed by atoms with Gasteiger partial charge in [0.25, 0.3) is 0 Å². The van der Waals surface area contributed by atoms with Crippen LogP contribution in [0.3, 0.4) is 0 Å². The van der Waals surface area contributed by atoms with Gasteiger partial charge in [-0.1, -0.05) is 0 Å². The lowest BCUT2D eigenvalue weighted by molar-refractivity contribution is -0.214. The van der Waals surface area contributed by atoms with Crippen molar-refractivity contribution in [1.82, 2.24) is 9.78 Å². The third-order valence-electron chi connectivity index (χ3n) is 2.02. The van der Waals surface area contributed by atoms with E-state index >= 15 is 0 Å². The largest absolute Gasteiger partial charge is 0.414 e. The number of aromatic nitrogens is 2. The number of nitrogens with two attached hydrogens (primary N) is 1. The van der Waals surface area contributed by atoms with Crippen LogP contribution in [-0.2, 0) is 11.3 Å². The van der Waals surface area contributed by atoms with Gasteiger partial charge in [-0.15, -0.1) is 0 Å². The first-order chi connectivity index (χ1) is 7.39. The smallest absolute Gasteiger partial charge is 0.382 e. The zero-order valence-corrected chi connectivity index (χ0v) is 8.87. The van der Waals surface area contributed by atoms with Gasteiger partial charge in [-0.3, -0.25) is 4.68 Å². The number of anilines is 1. The van der Waals surface area contributed by atoms with Gasteiger partial charge in [-0.2, -0.15) is 18.3 Å². The van der Waals surface area contributed by atoms with Crippen molar-refractivity contribution in [3.05, 3.63) is 12.3 Å². The summed E-state index contributed by atoms with van der Waals surface area (Å²) < 4.78 is 42.3. The Kier molecular flexibility index (Phi) is 4.17. The first-order valence-corrected chi connectivity index (χ1v) is 4.87. The number of hydrogen-bond acceptors (Lipinski definition) is 3. The average molecular weight is 237 g/mol. The molecule has 1 unspecified atom stereocenters. The summed E-state index contributed by atoms with van der Waals surface area (Å²) in [6.45, 7) is 1.52. The Balaban J connectivity index is 2.17. The Morgan fingerprint density at radius 3 is 2.75 bits per heavy atom. The SMILES string of the molecule is CC(OCCCn1ccc(N)n1)C(F)(F)F. The van der Waals surface area contributed by atoms with E-state index < -0.39 is 12.3 Å². The van der Waals surface area contributed by atoms with E-state index in [1.807, 2.05) is 0 Å². The van der Waals surface area contributed by atoms with Gasteiger partial charge in [0.15, 0.2) is 6.10 Å². The Labute approximate surface area is 91.2 Å². The number of nitrogens with zero attached hydrogens (tertiary/aromatic N) is 2. The number of halogens is 3. The molecule has 0 aliphatic carbocycles. The van der Waals surface area contributed by atoms with Crippen LogP contribution in [0.2, 0.25) is 0 Å². The van der Waals surface area contributed by atoms with Gasteiger partial charge in [-0.25, -0.2) is 0 Å². The van der Waals surface area contributed by atoms with Gasteiger partial charge in [0.2, 0.25) is 0 Å². The first-order valence-electron chi connectivity index (χ1n) is 4.87. The molecule has 1 aromatic rings. The minimum Gasteiger partial charge on any atom is -0.382 e. The minimum absolute atomic E-state index is 0.0421. The molecule has 0 aliphatic rings. The topological polar surface area (TPSA) is 53.1 Å². The van der Waals surface area contributed by atoms with Crippen molar-refractivity contribution in [3.8, 4) is 0 Å². The second kappa shape index (κ2) is 5.20. The summed E-state index contributed by atoms with van der Waals surface area (Å²) in [6.07, 6.45) is -3.89. The van der Waals surface area contributed by atoms with E-state index in [4.69, 9.17) is 5.73 Å². The van der Waals surface area contributed by atoms with Crippen molar-refractivity contribution in [2.45, 2.75) is 32.2 Å². The van der Waals surface area contributed by atoms with Gasteiger partial charge >= 0.3 is 6.18 Å². The third-order valence-corrected chi connectivity index (χ3v) is 2.02. The second-order valence-corrected chi connectivity index (χ2v) is 3.41. The summed E-state index contributed by atoms with van der Waals surface area (Å²) >= 11 is 0. The van der Waals surface area contributed by atoms with Crippen LogP contribution in [0.25, 0.3) is 0 Å². The Bertz CT molecular complexity index is 324. The highest BCUT2D eigenvalue weighted by atomic mass is 19.4. The molecule has 1 aromatic heterocycles.